The van der Waals surface area contributed by atoms with E-state index in [-0.39, 0.29) is 23.7 Å². The minimum atomic E-state index is -5.13. The fourth-order valence-electron chi connectivity index (χ4n) is 2.39. The van der Waals surface area contributed by atoms with Crippen LogP contribution >= 0.6 is 0 Å². The largest absolute Gasteiger partial charge is 0.438 e. The Bertz CT molecular complexity index is 676. The van der Waals surface area contributed by atoms with Crippen LogP contribution in [0.5, 0.6) is 0 Å². The Morgan fingerprint density at radius 3 is 2.52 bits per heavy atom. The van der Waals surface area contributed by atoms with E-state index in [0.717, 1.165) is 5.56 Å². The molecule has 1 heterocycles. The molecule has 1 aromatic carbocycles. The third-order valence-corrected chi connectivity index (χ3v) is 3.83. The molecule has 1 aliphatic rings. The second kappa shape index (κ2) is 7.22. The Labute approximate surface area is 142 Å². The van der Waals surface area contributed by atoms with Gasteiger partial charge in [-0.2, -0.15) is 23.3 Å². The van der Waals surface area contributed by atoms with Gasteiger partial charge in [0, 0.05) is 18.7 Å². The molecule has 0 fully saturated rings. The second-order valence-electron chi connectivity index (χ2n) is 5.62. The van der Waals surface area contributed by atoms with Crippen LogP contribution in [0, 0.1) is 0 Å². The molecule has 0 aliphatic carbocycles. The third-order valence-electron chi connectivity index (χ3n) is 3.83. The number of carbonyl (C=O) groups excluding carboxylic acids is 2. The van der Waals surface area contributed by atoms with Gasteiger partial charge in [-0.15, -0.1) is 0 Å². The normalized spacial score (nSPS) is 20.4. The Kier molecular flexibility index (Phi) is 5.46. The van der Waals surface area contributed by atoms with Crippen LogP contribution in [0.4, 0.5) is 13.2 Å². The summed E-state index contributed by atoms with van der Waals surface area (Å²) in [5, 5.41) is 15.5. The number of aliphatic hydroxyl groups is 1. The molecule has 0 saturated carbocycles. The molecule has 0 radical (unpaired) electrons. The number of benzene rings is 1. The van der Waals surface area contributed by atoms with Gasteiger partial charge < -0.3 is 10.4 Å². The van der Waals surface area contributed by atoms with E-state index in [2.05, 4.69) is 10.4 Å². The molecule has 2 amide bonds. The minimum absolute atomic E-state index is 0.00902. The number of carbonyl (C=O) groups is 2. The number of alkyl halides is 3. The van der Waals surface area contributed by atoms with Crippen LogP contribution in [-0.4, -0.2) is 46.1 Å². The maximum atomic E-state index is 13.2. The van der Waals surface area contributed by atoms with Crippen LogP contribution in [0.15, 0.2) is 35.4 Å². The van der Waals surface area contributed by atoms with Crippen LogP contribution in [0.1, 0.15) is 25.3 Å². The number of nitrogens with one attached hydrogen (secondary N) is 1. The summed E-state index contributed by atoms with van der Waals surface area (Å²) in [5.74, 6) is -2.80. The molecule has 0 saturated heterocycles. The van der Waals surface area contributed by atoms with Gasteiger partial charge in [-0.1, -0.05) is 37.3 Å². The van der Waals surface area contributed by atoms with E-state index in [1.807, 2.05) is 18.2 Å². The van der Waals surface area contributed by atoms with Crippen LogP contribution < -0.4 is 5.32 Å². The van der Waals surface area contributed by atoms with Gasteiger partial charge >= 0.3 is 18.0 Å². The van der Waals surface area contributed by atoms with Gasteiger partial charge in [-0.25, -0.2) is 0 Å². The highest BCUT2D eigenvalue weighted by atomic mass is 19.4. The predicted octanol–water partition coefficient (Wildman–Crippen LogP) is 1.59. The molecule has 25 heavy (non-hydrogen) atoms. The lowest BCUT2D eigenvalue weighted by atomic mass is 10.1. The first-order valence-corrected chi connectivity index (χ1v) is 7.71. The Hall–Kier alpha value is -2.42. The zero-order valence-electron chi connectivity index (χ0n) is 13.5. The van der Waals surface area contributed by atoms with E-state index >= 15 is 0 Å². The van der Waals surface area contributed by atoms with E-state index in [1.54, 1.807) is 19.1 Å². The number of hydrogen-bond acceptors (Lipinski definition) is 4. The summed E-state index contributed by atoms with van der Waals surface area (Å²) in [6.45, 7) is 1.61. The molecule has 1 aliphatic heterocycles. The fraction of sp³-hybridized carbons (Fsp3) is 0.438. The molecule has 6 nitrogen and oxygen atoms in total. The molecule has 0 unspecified atom stereocenters. The fourth-order valence-corrected chi connectivity index (χ4v) is 2.39. The number of nitrogens with zero attached hydrogens (tertiary/aromatic N) is 2. The second-order valence-corrected chi connectivity index (χ2v) is 5.62. The van der Waals surface area contributed by atoms with Crippen molar-refractivity contribution in [1.29, 1.82) is 0 Å². The van der Waals surface area contributed by atoms with Crippen LogP contribution in [0.25, 0.3) is 0 Å². The zero-order chi connectivity index (χ0) is 18.7. The lowest BCUT2D eigenvalue weighted by Crippen LogP contribution is -2.59. The quantitative estimate of drug-likeness (QED) is 0.803. The number of rotatable bonds is 4. The molecule has 2 N–H and O–H groups in total. The van der Waals surface area contributed by atoms with Gasteiger partial charge in [0.05, 0.1) is 0 Å². The average Bonchev–Trinajstić information content (AvgIpc) is 2.93. The third kappa shape index (κ3) is 3.98. The predicted molar refractivity (Wildman–Crippen MR) is 83.3 cm³/mol. The monoisotopic (exact) mass is 357 g/mol. The molecule has 0 spiro atoms. The minimum Gasteiger partial charge on any atom is -0.362 e. The highest BCUT2D eigenvalue weighted by Crippen LogP contribution is 2.40. The van der Waals surface area contributed by atoms with E-state index in [0.29, 0.717) is 6.42 Å². The van der Waals surface area contributed by atoms with E-state index in [9.17, 15) is 27.9 Å². The summed E-state index contributed by atoms with van der Waals surface area (Å²) in [4.78, 5) is 23.9. The SMILES string of the molecule is CCC1=NN(C(=O)C(=O)NCCc2ccccc2)[C@](O)(C(F)(F)F)C1. The number of halogens is 3. The van der Waals surface area contributed by atoms with Crippen molar-refractivity contribution in [3.63, 3.8) is 0 Å². The zero-order valence-corrected chi connectivity index (χ0v) is 13.5. The number of hydrazone groups is 1. The summed E-state index contributed by atoms with van der Waals surface area (Å²) in [6, 6.07) is 9.05. The van der Waals surface area contributed by atoms with E-state index in [1.165, 1.54) is 0 Å². The van der Waals surface area contributed by atoms with Gasteiger partial charge in [0.15, 0.2) is 0 Å². The highest BCUT2D eigenvalue weighted by molar-refractivity contribution is 6.35. The van der Waals surface area contributed by atoms with Gasteiger partial charge in [0.1, 0.15) is 0 Å². The van der Waals surface area contributed by atoms with Crippen molar-refractivity contribution in [2.24, 2.45) is 5.10 Å². The maximum absolute atomic E-state index is 13.2. The number of hydrogen-bond donors (Lipinski definition) is 2. The van der Waals surface area contributed by atoms with Crippen LogP contribution in [0.2, 0.25) is 0 Å². The molecule has 1 atom stereocenters. The molecule has 1 aromatic rings. The van der Waals surface area contributed by atoms with E-state index < -0.39 is 30.1 Å². The van der Waals surface area contributed by atoms with Crippen molar-refractivity contribution in [2.45, 2.75) is 38.1 Å². The summed E-state index contributed by atoms with van der Waals surface area (Å²) >= 11 is 0. The molecule has 0 bridgehead atoms. The van der Waals surface area contributed by atoms with Gasteiger partial charge in [0.25, 0.3) is 5.72 Å². The first-order valence-electron chi connectivity index (χ1n) is 7.71. The summed E-state index contributed by atoms with van der Waals surface area (Å²) in [6.07, 6.45) is -5.46. The van der Waals surface area contributed by atoms with Crippen LogP contribution in [-0.2, 0) is 16.0 Å². The van der Waals surface area contributed by atoms with Crippen LogP contribution in [0.3, 0.4) is 0 Å². The number of amides is 2. The van der Waals surface area contributed by atoms with Crippen molar-refractivity contribution < 1.29 is 27.9 Å². The Morgan fingerprint density at radius 2 is 1.96 bits per heavy atom. The molecule has 136 valence electrons. The molecular weight excluding hydrogens is 339 g/mol. The molecule has 2 rings (SSSR count). The summed E-state index contributed by atoms with van der Waals surface area (Å²) < 4.78 is 39.5. The van der Waals surface area contributed by atoms with Gasteiger partial charge in [0.2, 0.25) is 0 Å². The smallest absolute Gasteiger partial charge is 0.362 e. The molecule has 9 heteroatoms. The maximum Gasteiger partial charge on any atom is 0.438 e. The Balaban J connectivity index is 2.04. The van der Waals surface area contributed by atoms with E-state index in [4.69, 9.17) is 0 Å². The Morgan fingerprint density at radius 1 is 1.32 bits per heavy atom. The lowest BCUT2D eigenvalue weighted by Gasteiger charge is -2.32. The highest BCUT2D eigenvalue weighted by Gasteiger charge is 2.63. The summed E-state index contributed by atoms with van der Waals surface area (Å²) in [5.41, 5.74) is -2.61. The molecule has 0 aromatic heterocycles. The standard InChI is InChI=1S/C16H18F3N3O3/c1-2-12-10-15(25,16(17,18)19)22(21-12)14(24)13(23)20-9-8-11-6-4-3-5-7-11/h3-7,25H,2,8-10H2,1H3,(H,20,23)/t15-/m1/s1. The average molecular weight is 357 g/mol. The summed E-state index contributed by atoms with van der Waals surface area (Å²) in [7, 11) is 0. The van der Waals surface area contributed by atoms with Gasteiger partial charge in [-0.05, 0) is 18.4 Å². The lowest BCUT2D eigenvalue weighted by molar-refractivity contribution is -0.301. The van der Waals surface area contributed by atoms with Crippen molar-refractivity contribution in [3.05, 3.63) is 35.9 Å². The van der Waals surface area contributed by atoms with Crippen molar-refractivity contribution in [3.8, 4) is 0 Å². The van der Waals surface area contributed by atoms with Gasteiger partial charge in [-0.3, -0.25) is 9.59 Å². The first-order chi connectivity index (χ1) is 11.7. The topological polar surface area (TPSA) is 82.0 Å². The molecular formula is C16H18F3N3O3. The van der Waals surface area contributed by atoms with Crippen molar-refractivity contribution in [1.82, 2.24) is 10.3 Å². The van der Waals surface area contributed by atoms with Crippen molar-refractivity contribution in [2.75, 3.05) is 6.54 Å². The first kappa shape index (κ1) is 18.9. The van der Waals surface area contributed by atoms with Crippen molar-refractivity contribution >= 4 is 17.5 Å².